The molecule has 10 aromatic rings. The predicted molar refractivity (Wildman–Crippen MR) is 270 cm³/mol. The maximum atomic E-state index is 15.3. The summed E-state index contributed by atoms with van der Waals surface area (Å²) in [5.41, 5.74) is 13.2. The lowest BCUT2D eigenvalue weighted by molar-refractivity contribution is -0.0160. The molecule has 0 radical (unpaired) electrons. The zero-order valence-electron chi connectivity index (χ0n) is 38.6. The summed E-state index contributed by atoms with van der Waals surface area (Å²) in [5, 5.41) is 28.8. The Balaban J connectivity index is 0.962. The van der Waals surface area contributed by atoms with Crippen molar-refractivity contribution in [3.05, 3.63) is 193 Å². The Kier molecular flexibility index (Phi) is 10.8. The van der Waals surface area contributed by atoms with E-state index in [1.165, 1.54) is 24.3 Å². The molecule has 336 valence electrons. The number of nitrogens with zero attached hydrogens (tertiary/aromatic N) is 2. The van der Waals surface area contributed by atoms with Gasteiger partial charge in [0, 0.05) is 44.8 Å². The summed E-state index contributed by atoms with van der Waals surface area (Å²) in [6.07, 6.45) is 0.492. The van der Waals surface area contributed by atoms with Crippen LogP contribution in [0.2, 0.25) is 0 Å². The smallest absolute Gasteiger partial charge is 0.234 e. The molecule has 0 fully saturated rings. The van der Waals surface area contributed by atoms with Crippen LogP contribution in [0, 0.1) is 67.4 Å². The van der Waals surface area contributed by atoms with Crippen LogP contribution in [0.5, 0.6) is 23.0 Å². The molecule has 2 heterocycles. The third kappa shape index (κ3) is 7.60. The highest BCUT2D eigenvalue weighted by atomic mass is 19.1. The van der Waals surface area contributed by atoms with Crippen molar-refractivity contribution < 1.29 is 27.7 Å². The third-order valence-corrected chi connectivity index (χ3v) is 13.0. The van der Waals surface area contributed by atoms with Gasteiger partial charge in [-0.3, -0.25) is 0 Å². The van der Waals surface area contributed by atoms with E-state index in [4.69, 9.17) is 0 Å². The van der Waals surface area contributed by atoms with Gasteiger partial charge in [-0.2, -0.15) is 0 Å². The molecule has 10 rings (SSSR count). The van der Waals surface area contributed by atoms with Gasteiger partial charge in [0.15, 0.2) is 13.2 Å². The Hall–Kier alpha value is -7.58. The molecule has 8 aromatic carbocycles. The van der Waals surface area contributed by atoms with Crippen molar-refractivity contribution in [3.8, 4) is 56.6 Å². The molecule has 8 heteroatoms. The Morgan fingerprint density at radius 1 is 0.403 bits per heavy atom. The van der Waals surface area contributed by atoms with E-state index in [2.05, 4.69) is 133 Å². The first-order valence-electron chi connectivity index (χ1n) is 22.5. The average Bonchev–Trinajstić information content (AvgIpc) is 3.78. The first kappa shape index (κ1) is 43.3. The molecular weight excluding hydrogens is 839 g/mol. The van der Waals surface area contributed by atoms with Crippen LogP contribution in [0.25, 0.3) is 77.2 Å². The molecule has 0 unspecified atom stereocenters. The van der Waals surface area contributed by atoms with Crippen LogP contribution < -0.4 is 0 Å². The molecule has 0 aliphatic carbocycles. The van der Waals surface area contributed by atoms with Crippen molar-refractivity contribution in [1.82, 2.24) is 9.13 Å². The second-order valence-corrected chi connectivity index (χ2v) is 18.1. The normalized spacial score (nSPS) is 11.7. The van der Waals surface area contributed by atoms with Crippen molar-refractivity contribution in [1.29, 1.82) is 0 Å². The van der Waals surface area contributed by atoms with Crippen LogP contribution in [-0.4, -0.2) is 32.6 Å². The molecule has 6 nitrogen and oxygen atoms in total. The molecule has 0 saturated heterocycles. The zero-order chi connectivity index (χ0) is 47.0. The Labute approximate surface area is 389 Å². The van der Waals surface area contributed by atoms with E-state index >= 15 is 8.78 Å². The maximum Gasteiger partial charge on any atom is 0.234 e. The van der Waals surface area contributed by atoms with Gasteiger partial charge in [0.05, 0.1) is 44.6 Å². The highest BCUT2D eigenvalue weighted by molar-refractivity contribution is 6.11. The van der Waals surface area contributed by atoms with Crippen LogP contribution in [0.1, 0.15) is 39.8 Å². The summed E-state index contributed by atoms with van der Waals surface area (Å²) >= 11 is 0. The van der Waals surface area contributed by atoms with E-state index in [1.54, 1.807) is 12.1 Å². The molecule has 2 N–H and O–H groups in total. The molecule has 2 aromatic heterocycles. The first-order chi connectivity index (χ1) is 32.1. The topological polar surface area (TPSA) is 55.7 Å². The van der Waals surface area contributed by atoms with Crippen LogP contribution in [0.4, 0.5) is 8.78 Å². The van der Waals surface area contributed by atoms with Gasteiger partial charge >= 0.3 is 0 Å². The largest absolute Gasteiger partial charge is 0.711 e. The van der Waals surface area contributed by atoms with Crippen LogP contribution >= 0.6 is 0 Å². The van der Waals surface area contributed by atoms with Gasteiger partial charge < -0.3 is 28.1 Å². The number of rotatable bonds is 10. The Morgan fingerprint density at radius 2 is 0.731 bits per heavy atom. The van der Waals surface area contributed by atoms with Crippen LogP contribution in [-0.2, 0) is 8.73 Å². The lowest BCUT2D eigenvalue weighted by Gasteiger charge is -2.33. The van der Waals surface area contributed by atoms with E-state index in [0.29, 0.717) is 64.8 Å². The standard InChI is InChI=1S/C59H52F2N2O4/c1-34-10-16-50-42(24-34)43-25-35(2)11-17-51(43)62(50)54-30-38(5)28-48(58(54)64)46-32-40(60)14-20-56(46)66(7)22-9-23-67(8)57-21-15-41(61)33-47(57)49-29-39(6)31-55(59(49)65)63-52-18-12-36(3)26-44(52)45-27-37(4)13-19-53(45)63/h10-21,24-33,64-65H,7-9,22-23H2,1-6H3. The fraction of sp³-hybridized carbons (Fsp3) is 0.153. The molecule has 0 saturated carbocycles. The molecule has 0 bridgehead atoms. The van der Waals surface area contributed by atoms with Crippen LogP contribution in [0.3, 0.4) is 0 Å². The number of halogens is 2. The quantitative estimate of drug-likeness (QED) is 0.106. The molecule has 0 aliphatic rings. The van der Waals surface area contributed by atoms with Crippen molar-refractivity contribution in [3.63, 3.8) is 0 Å². The van der Waals surface area contributed by atoms with Crippen LogP contribution in [0.15, 0.2) is 133 Å². The van der Waals surface area contributed by atoms with Crippen molar-refractivity contribution in [2.75, 3.05) is 13.2 Å². The van der Waals surface area contributed by atoms with Gasteiger partial charge in [-0.05, 0) is 164 Å². The Morgan fingerprint density at radius 3 is 1.06 bits per heavy atom. The highest BCUT2D eigenvalue weighted by Gasteiger charge is 2.25. The van der Waals surface area contributed by atoms with E-state index in [-0.39, 0.29) is 11.5 Å². The number of fused-ring (bicyclic) bond motifs is 6. The molecule has 0 atom stereocenters. The monoisotopic (exact) mass is 890 g/mol. The van der Waals surface area contributed by atoms with Crippen molar-refractivity contribution in [2.24, 2.45) is 0 Å². The van der Waals surface area contributed by atoms with Gasteiger partial charge in [-0.15, -0.1) is 0 Å². The molecule has 0 aliphatic heterocycles. The molecule has 0 amide bonds. The maximum absolute atomic E-state index is 15.3. The second-order valence-electron chi connectivity index (χ2n) is 18.1. The van der Waals surface area contributed by atoms with Gasteiger partial charge in [-0.25, -0.2) is 8.78 Å². The number of hydrogen-bond acceptors (Lipinski definition) is 2. The third-order valence-electron chi connectivity index (χ3n) is 13.0. The number of phenolic OH excluding ortho intramolecular Hbond substituents is 2. The summed E-state index contributed by atoms with van der Waals surface area (Å²) in [4.78, 5) is 0. The number of hydrogen-bond donors (Lipinski definition) is 2. The fourth-order valence-corrected chi connectivity index (χ4v) is 9.85. The van der Waals surface area contributed by atoms with E-state index in [1.807, 2.05) is 38.1 Å². The molecule has 67 heavy (non-hydrogen) atoms. The predicted octanol–water partition coefficient (Wildman–Crippen LogP) is 16.0. The number of phenols is 2. The van der Waals surface area contributed by atoms with Crippen molar-refractivity contribution >= 4 is 43.6 Å². The lowest BCUT2D eigenvalue weighted by atomic mass is 9.99. The SMILES string of the molecule is [CH2-][O+](CCC[O+]([CH2-])c1ccc(F)cc1-c1cc(C)cc(-n2c3ccc(C)cc3c3cc(C)ccc32)c1O)c1ccc(F)cc1-c1cc(C)cc(-n2c3ccc(C)cc3c3cc(C)ccc32)c1O. The van der Waals surface area contributed by atoms with E-state index in [0.717, 1.165) is 77.0 Å². The molecule has 0 spiro atoms. The highest BCUT2D eigenvalue weighted by Crippen LogP contribution is 2.48. The summed E-state index contributed by atoms with van der Waals surface area (Å²) in [7, 11) is 8.62. The minimum Gasteiger partial charge on any atom is -0.711 e. The number of aromatic hydroxyl groups is 2. The summed E-state index contributed by atoms with van der Waals surface area (Å²) in [5.74, 6) is 0.232. The van der Waals surface area contributed by atoms with Crippen molar-refractivity contribution in [2.45, 2.75) is 48.0 Å². The van der Waals surface area contributed by atoms with E-state index in [9.17, 15) is 10.2 Å². The van der Waals surface area contributed by atoms with Gasteiger partial charge in [-0.1, -0.05) is 46.5 Å². The number of aromatic nitrogens is 2. The minimum absolute atomic E-state index is 0.0145. The number of benzene rings is 8. The lowest BCUT2D eigenvalue weighted by Crippen LogP contribution is -2.10. The summed E-state index contributed by atoms with van der Waals surface area (Å²) in [6, 6.07) is 41.8. The zero-order valence-corrected chi connectivity index (χ0v) is 38.6. The van der Waals surface area contributed by atoms with Gasteiger partial charge in [0.1, 0.15) is 29.6 Å². The van der Waals surface area contributed by atoms with E-state index < -0.39 is 11.6 Å². The second kappa shape index (κ2) is 16.7. The number of aryl methyl sites for hydroxylation is 6. The average molecular weight is 891 g/mol. The summed E-state index contributed by atoms with van der Waals surface area (Å²) in [6.45, 7) is 12.9. The van der Waals surface area contributed by atoms with Gasteiger partial charge in [0.25, 0.3) is 0 Å². The fourth-order valence-electron chi connectivity index (χ4n) is 9.85. The molecular formula is C59H52F2N2O4. The Bertz CT molecular complexity index is 3270. The summed E-state index contributed by atoms with van der Waals surface area (Å²) < 4.78 is 40.4. The van der Waals surface area contributed by atoms with Gasteiger partial charge in [0.2, 0.25) is 11.5 Å². The minimum atomic E-state index is -0.452. The first-order valence-corrected chi connectivity index (χ1v) is 22.5.